The highest BCUT2D eigenvalue weighted by Gasteiger charge is 2.24. The van der Waals surface area contributed by atoms with E-state index in [1.807, 2.05) is 42.2 Å². The van der Waals surface area contributed by atoms with Gasteiger partial charge < -0.3 is 4.90 Å². The highest BCUT2D eigenvalue weighted by molar-refractivity contribution is 6.31. The predicted molar refractivity (Wildman–Crippen MR) is 105 cm³/mol. The van der Waals surface area contributed by atoms with Crippen LogP contribution in [0, 0.1) is 6.92 Å². The molecule has 1 aliphatic rings. The molecule has 0 fully saturated rings. The molecule has 0 saturated heterocycles. The molecular formula is C21H19ClN4O. The van der Waals surface area contributed by atoms with Crippen molar-refractivity contribution < 1.29 is 4.79 Å². The quantitative estimate of drug-likeness (QED) is 0.681. The van der Waals surface area contributed by atoms with Crippen LogP contribution in [0.3, 0.4) is 0 Å². The molecule has 136 valence electrons. The molecule has 3 aromatic rings. The fraction of sp³-hybridized carbons (Fsp3) is 0.238. The summed E-state index contributed by atoms with van der Waals surface area (Å²) >= 11 is 6.20. The van der Waals surface area contributed by atoms with E-state index in [0.717, 1.165) is 34.5 Å². The molecule has 0 saturated carbocycles. The SMILES string of the molecule is Cc1c(Cl)cccc1C(=O)N1CCc2ncnc(-c3ccncc3)c2CC1. The number of hydrogen-bond acceptors (Lipinski definition) is 4. The third-order valence-electron chi connectivity index (χ3n) is 5.02. The largest absolute Gasteiger partial charge is 0.338 e. The van der Waals surface area contributed by atoms with Crippen molar-refractivity contribution in [2.24, 2.45) is 0 Å². The van der Waals surface area contributed by atoms with Crippen molar-refractivity contribution in [2.75, 3.05) is 13.1 Å². The first-order valence-corrected chi connectivity index (χ1v) is 9.30. The molecule has 1 aromatic carbocycles. The summed E-state index contributed by atoms with van der Waals surface area (Å²) in [7, 11) is 0. The van der Waals surface area contributed by atoms with Crippen LogP contribution in [0.5, 0.6) is 0 Å². The summed E-state index contributed by atoms with van der Waals surface area (Å²) < 4.78 is 0. The molecule has 2 aromatic heterocycles. The van der Waals surface area contributed by atoms with E-state index in [4.69, 9.17) is 11.6 Å². The molecule has 0 atom stereocenters. The zero-order chi connectivity index (χ0) is 18.8. The molecule has 0 N–H and O–H groups in total. The van der Waals surface area contributed by atoms with Crippen molar-refractivity contribution >= 4 is 17.5 Å². The van der Waals surface area contributed by atoms with Crippen LogP contribution < -0.4 is 0 Å². The number of rotatable bonds is 2. The number of pyridine rings is 1. The monoisotopic (exact) mass is 378 g/mol. The Morgan fingerprint density at radius 2 is 1.85 bits per heavy atom. The molecule has 4 rings (SSSR count). The number of amides is 1. The van der Waals surface area contributed by atoms with Gasteiger partial charge in [-0.1, -0.05) is 17.7 Å². The number of nitrogens with zero attached hydrogens (tertiary/aromatic N) is 4. The predicted octanol–water partition coefficient (Wildman–Crippen LogP) is 3.74. The minimum Gasteiger partial charge on any atom is -0.338 e. The summed E-state index contributed by atoms with van der Waals surface area (Å²) in [5.41, 5.74) is 5.55. The maximum atomic E-state index is 13.1. The van der Waals surface area contributed by atoms with Gasteiger partial charge in [-0.3, -0.25) is 9.78 Å². The van der Waals surface area contributed by atoms with Crippen LogP contribution in [-0.4, -0.2) is 38.8 Å². The third-order valence-corrected chi connectivity index (χ3v) is 5.43. The summed E-state index contributed by atoms with van der Waals surface area (Å²) in [6.07, 6.45) is 6.56. The van der Waals surface area contributed by atoms with Gasteiger partial charge in [0, 0.05) is 59.3 Å². The second kappa shape index (κ2) is 7.45. The summed E-state index contributed by atoms with van der Waals surface area (Å²) in [6, 6.07) is 9.37. The Balaban J connectivity index is 1.62. The number of halogens is 1. The van der Waals surface area contributed by atoms with Crippen LogP contribution in [0.1, 0.15) is 27.2 Å². The molecule has 5 nitrogen and oxygen atoms in total. The number of hydrogen-bond donors (Lipinski definition) is 0. The minimum absolute atomic E-state index is 0.0150. The number of carbonyl (C=O) groups is 1. The van der Waals surface area contributed by atoms with Gasteiger partial charge in [-0.15, -0.1) is 0 Å². The molecule has 0 radical (unpaired) electrons. The molecule has 0 bridgehead atoms. The summed E-state index contributed by atoms with van der Waals surface area (Å²) in [5, 5.41) is 0.616. The first-order chi connectivity index (χ1) is 13.1. The zero-order valence-electron chi connectivity index (χ0n) is 15.0. The van der Waals surface area contributed by atoms with Gasteiger partial charge in [0.2, 0.25) is 0 Å². The average Bonchev–Trinajstić information content (AvgIpc) is 2.93. The summed E-state index contributed by atoms with van der Waals surface area (Å²) in [5.74, 6) is 0.0150. The second-order valence-corrected chi connectivity index (χ2v) is 7.00. The third kappa shape index (κ3) is 3.43. The molecule has 3 heterocycles. The standard InChI is InChI=1S/C21H19ClN4O/c1-14-16(3-2-4-18(14)22)21(27)26-11-7-17-19(8-12-26)24-13-25-20(17)15-5-9-23-10-6-15/h2-6,9-10,13H,7-8,11-12H2,1H3. The van der Waals surface area contributed by atoms with Gasteiger partial charge in [0.15, 0.2) is 0 Å². The lowest BCUT2D eigenvalue weighted by atomic mass is 10.0. The minimum atomic E-state index is 0.0150. The Hall–Kier alpha value is -2.79. The van der Waals surface area contributed by atoms with Crippen LogP contribution in [0.4, 0.5) is 0 Å². The first-order valence-electron chi connectivity index (χ1n) is 8.92. The van der Waals surface area contributed by atoms with Gasteiger partial charge in [0.05, 0.1) is 5.69 Å². The van der Waals surface area contributed by atoms with Crippen LogP contribution in [0.2, 0.25) is 5.02 Å². The highest BCUT2D eigenvalue weighted by Crippen LogP contribution is 2.26. The van der Waals surface area contributed by atoms with Gasteiger partial charge in [-0.25, -0.2) is 9.97 Å². The van der Waals surface area contributed by atoms with Crippen LogP contribution in [0.25, 0.3) is 11.3 Å². The molecule has 1 aliphatic heterocycles. The average molecular weight is 379 g/mol. The molecule has 6 heteroatoms. The molecule has 0 aliphatic carbocycles. The Kier molecular flexibility index (Phi) is 4.86. The van der Waals surface area contributed by atoms with Crippen molar-refractivity contribution in [1.82, 2.24) is 19.9 Å². The van der Waals surface area contributed by atoms with Crippen molar-refractivity contribution in [3.05, 3.63) is 76.5 Å². The smallest absolute Gasteiger partial charge is 0.254 e. The van der Waals surface area contributed by atoms with Crippen molar-refractivity contribution in [2.45, 2.75) is 19.8 Å². The zero-order valence-corrected chi connectivity index (χ0v) is 15.8. The molecular weight excluding hydrogens is 360 g/mol. The first kappa shape index (κ1) is 17.6. The van der Waals surface area contributed by atoms with E-state index < -0.39 is 0 Å². The molecule has 1 amide bonds. The Labute approximate surface area is 163 Å². The lowest BCUT2D eigenvalue weighted by molar-refractivity contribution is 0.0762. The van der Waals surface area contributed by atoms with Crippen LogP contribution in [-0.2, 0) is 12.8 Å². The highest BCUT2D eigenvalue weighted by atomic mass is 35.5. The maximum absolute atomic E-state index is 13.1. The van der Waals surface area contributed by atoms with Gasteiger partial charge in [-0.05, 0) is 43.2 Å². The van der Waals surface area contributed by atoms with E-state index in [2.05, 4.69) is 15.0 Å². The van der Waals surface area contributed by atoms with E-state index in [1.165, 1.54) is 0 Å². The van der Waals surface area contributed by atoms with E-state index in [-0.39, 0.29) is 5.91 Å². The fourth-order valence-electron chi connectivity index (χ4n) is 3.50. The van der Waals surface area contributed by atoms with E-state index >= 15 is 0 Å². The molecule has 27 heavy (non-hydrogen) atoms. The van der Waals surface area contributed by atoms with Crippen molar-refractivity contribution in [3.63, 3.8) is 0 Å². The normalized spacial score (nSPS) is 13.8. The number of benzene rings is 1. The summed E-state index contributed by atoms with van der Waals surface area (Å²) in [6.45, 7) is 3.14. The van der Waals surface area contributed by atoms with Gasteiger partial charge >= 0.3 is 0 Å². The van der Waals surface area contributed by atoms with Crippen molar-refractivity contribution in [1.29, 1.82) is 0 Å². The van der Waals surface area contributed by atoms with Gasteiger partial charge in [-0.2, -0.15) is 0 Å². The van der Waals surface area contributed by atoms with Gasteiger partial charge in [0.1, 0.15) is 6.33 Å². The van der Waals surface area contributed by atoms with E-state index in [1.54, 1.807) is 18.7 Å². The van der Waals surface area contributed by atoms with Gasteiger partial charge in [0.25, 0.3) is 5.91 Å². The second-order valence-electron chi connectivity index (χ2n) is 6.59. The van der Waals surface area contributed by atoms with Crippen molar-refractivity contribution in [3.8, 4) is 11.3 Å². The lowest BCUT2D eigenvalue weighted by Gasteiger charge is -2.21. The van der Waals surface area contributed by atoms with Crippen LogP contribution >= 0.6 is 11.6 Å². The number of fused-ring (bicyclic) bond motifs is 1. The lowest BCUT2D eigenvalue weighted by Crippen LogP contribution is -2.33. The summed E-state index contributed by atoms with van der Waals surface area (Å²) in [4.78, 5) is 28.0. The Morgan fingerprint density at radius 3 is 2.67 bits per heavy atom. The number of carbonyl (C=O) groups excluding carboxylic acids is 1. The topological polar surface area (TPSA) is 59.0 Å². The fourth-order valence-corrected chi connectivity index (χ4v) is 3.67. The Bertz CT molecular complexity index is 991. The molecule has 0 unspecified atom stereocenters. The Morgan fingerprint density at radius 1 is 1.07 bits per heavy atom. The maximum Gasteiger partial charge on any atom is 0.254 e. The molecule has 0 spiro atoms. The number of aromatic nitrogens is 3. The van der Waals surface area contributed by atoms with Crippen LogP contribution in [0.15, 0.2) is 49.1 Å². The van der Waals surface area contributed by atoms with E-state index in [9.17, 15) is 4.79 Å². The van der Waals surface area contributed by atoms with E-state index in [0.29, 0.717) is 30.1 Å².